The maximum atomic E-state index is 12.4. The lowest BCUT2D eigenvalue weighted by Crippen LogP contribution is -2.31. The van der Waals surface area contributed by atoms with Crippen molar-refractivity contribution in [3.63, 3.8) is 0 Å². The number of carbonyl (C=O) groups excluding carboxylic acids is 1. The van der Waals surface area contributed by atoms with Crippen molar-refractivity contribution >= 4 is 5.97 Å². The molecule has 0 bridgehead atoms. The maximum Gasteiger partial charge on any atom is 0.315 e. The highest BCUT2D eigenvalue weighted by molar-refractivity contribution is 5.82. The predicted octanol–water partition coefficient (Wildman–Crippen LogP) is 5.62. The Kier molecular flexibility index (Phi) is 7.21. The first-order chi connectivity index (χ1) is 16.5. The lowest BCUT2D eigenvalue weighted by Gasteiger charge is -2.23. The normalized spacial score (nSPS) is 11.4. The van der Waals surface area contributed by atoms with E-state index in [2.05, 4.69) is 58.8 Å². The minimum absolute atomic E-state index is 0.205. The number of ether oxygens (including phenoxy) is 1. The summed E-state index contributed by atoms with van der Waals surface area (Å²) < 4.78 is 7.14. The molecule has 1 heterocycles. The molecule has 0 aliphatic carbocycles. The first-order valence-electron chi connectivity index (χ1n) is 11.8. The Balaban J connectivity index is 1.46. The molecule has 5 heteroatoms. The molecule has 4 aromatic rings. The highest BCUT2D eigenvalue weighted by Crippen LogP contribution is 2.30. The van der Waals surface area contributed by atoms with Gasteiger partial charge < -0.3 is 4.74 Å². The van der Waals surface area contributed by atoms with Crippen LogP contribution in [0.4, 0.5) is 0 Å². The third-order valence-corrected chi connectivity index (χ3v) is 6.14. The first kappa shape index (κ1) is 23.4. The third kappa shape index (κ3) is 5.42. The van der Waals surface area contributed by atoms with Gasteiger partial charge in [0, 0.05) is 6.20 Å². The molecule has 4 rings (SSSR count). The second-order valence-electron chi connectivity index (χ2n) is 8.97. The highest BCUT2D eigenvalue weighted by atomic mass is 16.5. The van der Waals surface area contributed by atoms with E-state index in [1.54, 1.807) is 0 Å². The number of rotatable bonds is 9. The van der Waals surface area contributed by atoms with Crippen molar-refractivity contribution in [2.24, 2.45) is 0 Å². The van der Waals surface area contributed by atoms with E-state index in [1.165, 1.54) is 16.7 Å². The monoisotopic (exact) mass is 453 g/mol. The summed E-state index contributed by atoms with van der Waals surface area (Å²) in [5.41, 5.74) is 6.04. The van der Waals surface area contributed by atoms with Crippen molar-refractivity contribution < 1.29 is 9.53 Å². The van der Waals surface area contributed by atoms with Gasteiger partial charge in [0.1, 0.15) is 0 Å². The zero-order chi connectivity index (χ0) is 24.0. The Morgan fingerprint density at radius 2 is 1.62 bits per heavy atom. The van der Waals surface area contributed by atoms with Gasteiger partial charge in [0.05, 0.1) is 24.3 Å². The van der Waals surface area contributed by atoms with E-state index in [4.69, 9.17) is 4.74 Å². The molecular weight excluding hydrogens is 422 g/mol. The van der Waals surface area contributed by atoms with Gasteiger partial charge in [0.2, 0.25) is 0 Å². The number of aromatic nitrogens is 3. The number of aryl methyl sites for hydroxylation is 2. The Hall–Kier alpha value is -3.73. The lowest BCUT2D eigenvalue weighted by atomic mass is 9.83. The summed E-state index contributed by atoms with van der Waals surface area (Å²) in [4.78, 5) is 12.4. The van der Waals surface area contributed by atoms with Gasteiger partial charge in [0.15, 0.2) is 0 Å². The largest absolute Gasteiger partial charge is 0.465 e. The molecule has 0 fully saturated rings. The zero-order valence-electron chi connectivity index (χ0n) is 20.1. The summed E-state index contributed by atoms with van der Waals surface area (Å²) in [5.74, 6) is -0.205. The van der Waals surface area contributed by atoms with Crippen LogP contribution in [0.1, 0.15) is 43.2 Å². The molecule has 174 valence electrons. The van der Waals surface area contributed by atoms with Crippen molar-refractivity contribution in [3.8, 4) is 11.1 Å². The molecular formula is C29H31N3O2. The number of benzene rings is 3. The topological polar surface area (TPSA) is 57.0 Å². The lowest BCUT2D eigenvalue weighted by molar-refractivity contribution is -0.148. The number of carbonyl (C=O) groups is 1. The van der Waals surface area contributed by atoms with Crippen molar-refractivity contribution in [1.82, 2.24) is 15.0 Å². The molecule has 34 heavy (non-hydrogen) atoms. The summed E-state index contributed by atoms with van der Waals surface area (Å²) in [6.45, 7) is 6.74. The minimum Gasteiger partial charge on any atom is -0.465 e. The maximum absolute atomic E-state index is 12.4. The van der Waals surface area contributed by atoms with Crippen LogP contribution in [0.2, 0.25) is 0 Å². The van der Waals surface area contributed by atoms with Crippen LogP contribution in [-0.2, 0) is 34.3 Å². The molecule has 0 radical (unpaired) electrons. The molecule has 1 aromatic heterocycles. The van der Waals surface area contributed by atoms with Gasteiger partial charge in [-0.2, -0.15) is 0 Å². The van der Waals surface area contributed by atoms with E-state index in [9.17, 15) is 4.79 Å². The first-order valence-corrected chi connectivity index (χ1v) is 11.8. The molecule has 0 aliphatic heterocycles. The standard InChI is InChI=1S/C29H31N3O2/c1-4-34-28(33)29(2,3)25-17-14-24(15-18-25)27-13-9-8-12-23(27)16-19-26-21-32(31-30-26)20-22-10-6-5-7-11-22/h5-15,17-18,21H,4,16,19-20H2,1-3H3. The van der Waals surface area contributed by atoms with Crippen LogP contribution >= 0.6 is 0 Å². The smallest absolute Gasteiger partial charge is 0.315 e. The Bertz CT molecular complexity index is 1230. The van der Waals surface area contributed by atoms with E-state index < -0.39 is 5.41 Å². The number of hydrogen-bond donors (Lipinski definition) is 0. The number of nitrogens with zero attached hydrogens (tertiary/aromatic N) is 3. The highest BCUT2D eigenvalue weighted by Gasteiger charge is 2.31. The molecule has 5 nitrogen and oxygen atoms in total. The predicted molar refractivity (Wildman–Crippen MR) is 135 cm³/mol. The zero-order valence-corrected chi connectivity index (χ0v) is 20.1. The van der Waals surface area contributed by atoms with Crippen LogP contribution in [0.25, 0.3) is 11.1 Å². The van der Waals surface area contributed by atoms with Gasteiger partial charge in [-0.1, -0.05) is 84.1 Å². The molecule has 3 aromatic carbocycles. The van der Waals surface area contributed by atoms with Crippen LogP contribution in [0.3, 0.4) is 0 Å². The fraction of sp³-hybridized carbons (Fsp3) is 0.276. The SMILES string of the molecule is CCOC(=O)C(C)(C)c1ccc(-c2ccccc2CCc2cn(Cc3ccccc3)nn2)cc1. The van der Waals surface area contributed by atoms with Crippen LogP contribution in [0.15, 0.2) is 85.1 Å². The molecule has 0 unspecified atom stereocenters. The fourth-order valence-corrected chi connectivity index (χ4v) is 4.08. The van der Waals surface area contributed by atoms with E-state index in [-0.39, 0.29) is 5.97 Å². The van der Waals surface area contributed by atoms with Crippen LogP contribution < -0.4 is 0 Å². The molecule has 0 atom stereocenters. The molecule has 0 spiro atoms. The van der Waals surface area contributed by atoms with Gasteiger partial charge in [-0.05, 0) is 61.4 Å². The van der Waals surface area contributed by atoms with Gasteiger partial charge in [-0.3, -0.25) is 4.79 Å². The number of esters is 1. The van der Waals surface area contributed by atoms with Crippen LogP contribution in [-0.4, -0.2) is 27.6 Å². The van der Waals surface area contributed by atoms with Crippen molar-refractivity contribution in [1.29, 1.82) is 0 Å². The number of hydrogen-bond acceptors (Lipinski definition) is 4. The summed E-state index contributed by atoms with van der Waals surface area (Å²) in [6, 6.07) is 27.0. The molecule has 0 N–H and O–H groups in total. The van der Waals surface area contributed by atoms with Gasteiger partial charge in [-0.15, -0.1) is 5.10 Å². The van der Waals surface area contributed by atoms with Crippen molar-refractivity contribution in [3.05, 3.63) is 107 Å². The second kappa shape index (κ2) is 10.5. The quantitative estimate of drug-likeness (QED) is 0.309. The van der Waals surface area contributed by atoms with Crippen LogP contribution in [0, 0.1) is 0 Å². The minimum atomic E-state index is -0.681. The third-order valence-electron chi connectivity index (χ3n) is 6.14. The summed E-state index contributed by atoms with van der Waals surface area (Å²) >= 11 is 0. The van der Waals surface area contributed by atoms with Gasteiger partial charge in [0.25, 0.3) is 0 Å². The average Bonchev–Trinajstić information content (AvgIpc) is 3.31. The van der Waals surface area contributed by atoms with Crippen molar-refractivity contribution in [2.45, 2.75) is 45.6 Å². The summed E-state index contributed by atoms with van der Waals surface area (Å²) in [7, 11) is 0. The Labute approximate surface area is 201 Å². The van der Waals surface area contributed by atoms with Crippen LogP contribution in [0.5, 0.6) is 0 Å². The average molecular weight is 454 g/mol. The van der Waals surface area contributed by atoms with E-state index in [0.717, 1.165) is 36.2 Å². The molecule has 0 saturated heterocycles. The summed E-state index contributed by atoms with van der Waals surface area (Å²) in [5, 5.41) is 8.66. The second-order valence-corrected chi connectivity index (χ2v) is 8.97. The van der Waals surface area contributed by atoms with E-state index in [0.29, 0.717) is 6.61 Å². The van der Waals surface area contributed by atoms with E-state index >= 15 is 0 Å². The van der Waals surface area contributed by atoms with E-state index in [1.807, 2.05) is 62.0 Å². The van der Waals surface area contributed by atoms with Gasteiger partial charge in [-0.25, -0.2) is 4.68 Å². The summed E-state index contributed by atoms with van der Waals surface area (Å²) in [6.07, 6.45) is 3.72. The Morgan fingerprint density at radius 1 is 0.912 bits per heavy atom. The molecule has 0 amide bonds. The van der Waals surface area contributed by atoms with Gasteiger partial charge >= 0.3 is 5.97 Å². The van der Waals surface area contributed by atoms with Crippen molar-refractivity contribution in [2.75, 3.05) is 6.61 Å². The molecule has 0 aliphatic rings. The fourth-order valence-electron chi connectivity index (χ4n) is 4.08. The Morgan fingerprint density at radius 3 is 2.35 bits per heavy atom. The molecule has 0 saturated carbocycles.